The van der Waals surface area contributed by atoms with Crippen molar-refractivity contribution in [2.75, 3.05) is 13.7 Å². The highest BCUT2D eigenvalue weighted by Crippen LogP contribution is 2.20. The lowest BCUT2D eigenvalue weighted by Crippen LogP contribution is -2.13. The fraction of sp³-hybridized carbons (Fsp3) is 0.462. The molecule has 1 rings (SSSR count). The van der Waals surface area contributed by atoms with Crippen LogP contribution < -0.4 is 4.74 Å². The fourth-order valence-electron chi connectivity index (χ4n) is 1.38. The summed E-state index contributed by atoms with van der Waals surface area (Å²) in [6, 6.07) is 7.19. The van der Waals surface area contributed by atoms with Crippen LogP contribution in [0.4, 0.5) is 0 Å². The lowest BCUT2D eigenvalue weighted by atomic mass is 10.0. The molecular formula is C13H18O4. The summed E-state index contributed by atoms with van der Waals surface area (Å²) in [5, 5.41) is 9.08. The highest BCUT2D eigenvalue weighted by Gasteiger charge is 2.15. The molecule has 1 N–H and O–H groups in total. The molecule has 2 unspecified atom stereocenters. The Kier molecular flexibility index (Phi) is 4.97. The SMILES string of the molecule is COC(=O)C(C)c1ccc(OCC(C)O)cc1. The van der Waals surface area contributed by atoms with Gasteiger partial charge >= 0.3 is 5.97 Å². The Morgan fingerprint density at radius 3 is 2.35 bits per heavy atom. The van der Waals surface area contributed by atoms with E-state index in [1.165, 1.54) is 7.11 Å². The quantitative estimate of drug-likeness (QED) is 0.794. The maximum Gasteiger partial charge on any atom is 0.312 e. The second kappa shape index (κ2) is 6.25. The Morgan fingerprint density at radius 1 is 1.29 bits per heavy atom. The first kappa shape index (κ1) is 13.5. The van der Waals surface area contributed by atoms with E-state index >= 15 is 0 Å². The Morgan fingerprint density at radius 2 is 1.88 bits per heavy atom. The van der Waals surface area contributed by atoms with Crippen LogP contribution in [0.5, 0.6) is 5.75 Å². The maximum atomic E-state index is 11.3. The van der Waals surface area contributed by atoms with Gasteiger partial charge in [-0.2, -0.15) is 0 Å². The fourth-order valence-corrected chi connectivity index (χ4v) is 1.38. The number of esters is 1. The van der Waals surface area contributed by atoms with Gasteiger partial charge < -0.3 is 14.6 Å². The van der Waals surface area contributed by atoms with Crippen molar-refractivity contribution in [2.24, 2.45) is 0 Å². The van der Waals surface area contributed by atoms with Crippen LogP contribution in [-0.2, 0) is 9.53 Å². The zero-order valence-corrected chi connectivity index (χ0v) is 10.3. The summed E-state index contributed by atoms with van der Waals surface area (Å²) in [5.41, 5.74) is 0.876. The van der Waals surface area contributed by atoms with Crippen LogP contribution in [0.3, 0.4) is 0 Å². The zero-order valence-electron chi connectivity index (χ0n) is 10.3. The minimum Gasteiger partial charge on any atom is -0.491 e. The predicted molar refractivity (Wildman–Crippen MR) is 64.0 cm³/mol. The van der Waals surface area contributed by atoms with Gasteiger partial charge in [-0.3, -0.25) is 4.79 Å². The van der Waals surface area contributed by atoms with Crippen LogP contribution >= 0.6 is 0 Å². The number of carbonyl (C=O) groups is 1. The first-order valence-corrected chi connectivity index (χ1v) is 5.53. The lowest BCUT2D eigenvalue weighted by molar-refractivity contribution is -0.141. The van der Waals surface area contributed by atoms with Gasteiger partial charge in [0, 0.05) is 0 Å². The summed E-state index contributed by atoms with van der Waals surface area (Å²) in [4.78, 5) is 11.3. The first-order valence-electron chi connectivity index (χ1n) is 5.53. The van der Waals surface area contributed by atoms with Gasteiger partial charge in [0.05, 0.1) is 19.1 Å². The number of rotatable bonds is 5. The summed E-state index contributed by atoms with van der Waals surface area (Å²) < 4.78 is 10.00. The van der Waals surface area contributed by atoms with Crippen molar-refractivity contribution in [2.45, 2.75) is 25.9 Å². The standard InChI is InChI=1S/C13H18O4/c1-9(14)8-17-12-6-4-11(5-7-12)10(2)13(15)16-3/h4-7,9-10,14H,8H2,1-3H3. The van der Waals surface area contributed by atoms with E-state index in [1.54, 1.807) is 26.0 Å². The van der Waals surface area contributed by atoms with Crippen molar-refractivity contribution in [3.8, 4) is 5.75 Å². The van der Waals surface area contributed by atoms with Crippen LogP contribution in [0.2, 0.25) is 0 Å². The molecule has 0 aliphatic carbocycles. The number of benzene rings is 1. The molecule has 0 saturated heterocycles. The smallest absolute Gasteiger partial charge is 0.312 e. The second-order valence-corrected chi connectivity index (χ2v) is 3.97. The van der Waals surface area contributed by atoms with Crippen LogP contribution in [0.15, 0.2) is 24.3 Å². The third-order valence-electron chi connectivity index (χ3n) is 2.43. The molecule has 0 heterocycles. The van der Waals surface area contributed by atoms with E-state index in [0.717, 1.165) is 5.56 Å². The topological polar surface area (TPSA) is 55.8 Å². The number of hydrogen-bond donors (Lipinski definition) is 1. The Bertz CT molecular complexity index is 356. The van der Waals surface area contributed by atoms with E-state index in [4.69, 9.17) is 9.84 Å². The second-order valence-electron chi connectivity index (χ2n) is 3.97. The number of methoxy groups -OCH3 is 1. The summed E-state index contributed by atoms with van der Waals surface area (Å²) in [5.74, 6) is 0.125. The maximum absolute atomic E-state index is 11.3. The normalized spacial score (nSPS) is 13.9. The molecule has 4 heteroatoms. The van der Waals surface area contributed by atoms with Crippen molar-refractivity contribution in [1.29, 1.82) is 0 Å². The van der Waals surface area contributed by atoms with Gasteiger partial charge in [-0.05, 0) is 31.5 Å². The van der Waals surface area contributed by atoms with Gasteiger partial charge in [0.15, 0.2) is 0 Å². The van der Waals surface area contributed by atoms with E-state index in [1.807, 2.05) is 12.1 Å². The van der Waals surface area contributed by atoms with Crippen LogP contribution in [0, 0.1) is 0 Å². The monoisotopic (exact) mass is 238 g/mol. The average molecular weight is 238 g/mol. The minimum atomic E-state index is -0.497. The third kappa shape index (κ3) is 4.07. The van der Waals surface area contributed by atoms with Gasteiger partial charge in [0.1, 0.15) is 12.4 Å². The highest BCUT2D eigenvalue weighted by atomic mass is 16.5. The average Bonchev–Trinajstić information content (AvgIpc) is 2.35. The summed E-state index contributed by atoms with van der Waals surface area (Å²) in [6.07, 6.45) is -0.497. The molecule has 0 amide bonds. The van der Waals surface area contributed by atoms with Gasteiger partial charge in [-0.25, -0.2) is 0 Å². The van der Waals surface area contributed by atoms with Crippen molar-refractivity contribution in [1.82, 2.24) is 0 Å². The first-order chi connectivity index (χ1) is 8.04. The summed E-state index contributed by atoms with van der Waals surface area (Å²) >= 11 is 0. The molecule has 17 heavy (non-hydrogen) atoms. The van der Waals surface area contributed by atoms with Gasteiger partial charge in [-0.1, -0.05) is 12.1 Å². The molecule has 0 aliphatic heterocycles. The van der Waals surface area contributed by atoms with E-state index in [9.17, 15) is 4.79 Å². The van der Waals surface area contributed by atoms with Crippen molar-refractivity contribution >= 4 is 5.97 Å². The third-order valence-corrected chi connectivity index (χ3v) is 2.43. The van der Waals surface area contributed by atoms with Crippen LogP contribution in [0.25, 0.3) is 0 Å². The number of aliphatic hydroxyl groups is 1. The highest BCUT2D eigenvalue weighted by molar-refractivity contribution is 5.77. The molecule has 0 aromatic heterocycles. The Hall–Kier alpha value is -1.55. The molecule has 0 radical (unpaired) electrons. The van der Waals surface area contributed by atoms with Gasteiger partial charge in [-0.15, -0.1) is 0 Å². The van der Waals surface area contributed by atoms with Crippen molar-refractivity contribution < 1.29 is 19.4 Å². The molecule has 0 fully saturated rings. The molecule has 4 nitrogen and oxygen atoms in total. The lowest BCUT2D eigenvalue weighted by Gasteiger charge is -2.11. The van der Waals surface area contributed by atoms with E-state index in [-0.39, 0.29) is 18.5 Å². The summed E-state index contributed by atoms with van der Waals surface area (Å²) in [7, 11) is 1.37. The molecule has 94 valence electrons. The largest absolute Gasteiger partial charge is 0.491 e. The van der Waals surface area contributed by atoms with Crippen LogP contribution in [-0.4, -0.2) is 30.9 Å². The number of aliphatic hydroxyl groups excluding tert-OH is 1. The number of carbonyl (C=O) groups excluding carboxylic acids is 1. The Balaban J connectivity index is 2.64. The molecule has 0 spiro atoms. The van der Waals surface area contributed by atoms with Crippen molar-refractivity contribution in [3.05, 3.63) is 29.8 Å². The van der Waals surface area contributed by atoms with Gasteiger partial charge in [0.2, 0.25) is 0 Å². The molecule has 1 aromatic rings. The van der Waals surface area contributed by atoms with E-state index in [2.05, 4.69) is 4.74 Å². The van der Waals surface area contributed by atoms with E-state index < -0.39 is 6.10 Å². The molecule has 0 saturated carbocycles. The molecule has 0 aliphatic rings. The number of ether oxygens (including phenoxy) is 2. The molecule has 1 aromatic carbocycles. The van der Waals surface area contributed by atoms with Gasteiger partial charge in [0.25, 0.3) is 0 Å². The molecule has 2 atom stereocenters. The predicted octanol–water partition coefficient (Wildman–Crippen LogP) is 1.72. The number of hydrogen-bond acceptors (Lipinski definition) is 4. The molecular weight excluding hydrogens is 220 g/mol. The zero-order chi connectivity index (χ0) is 12.8. The Labute approximate surface area is 101 Å². The van der Waals surface area contributed by atoms with E-state index in [0.29, 0.717) is 5.75 Å². The van der Waals surface area contributed by atoms with Crippen LogP contribution in [0.1, 0.15) is 25.3 Å². The summed E-state index contributed by atoms with van der Waals surface area (Å²) in [6.45, 7) is 3.71. The van der Waals surface area contributed by atoms with Crippen molar-refractivity contribution in [3.63, 3.8) is 0 Å². The minimum absolute atomic E-state index is 0.256. The molecule has 0 bridgehead atoms.